The van der Waals surface area contributed by atoms with Crippen LogP contribution in [0.2, 0.25) is 0 Å². The van der Waals surface area contributed by atoms with Crippen molar-refractivity contribution in [1.29, 1.82) is 0 Å². The third-order valence-electron chi connectivity index (χ3n) is 2.62. The van der Waals surface area contributed by atoms with Crippen LogP contribution < -0.4 is 16.2 Å². The van der Waals surface area contributed by atoms with E-state index in [-0.39, 0.29) is 22.6 Å². The zero-order chi connectivity index (χ0) is 15.2. The molecule has 1 aliphatic rings. The number of carbonyl (C=O) groups excluding carboxylic acids is 2. The van der Waals surface area contributed by atoms with Gasteiger partial charge in [0.1, 0.15) is 12.4 Å². The summed E-state index contributed by atoms with van der Waals surface area (Å²) in [6, 6.07) is 6.03. The van der Waals surface area contributed by atoms with Crippen molar-refractivity contribution in [3.05, 3.63) is 30.1 Å². The summed E-state index contributed by atoms with van der Waals surface area (Å²) in [5, 5.41) is 2.55. The van der Waals surface area contributed by atoms with Gasteiger partial charge < -0.3 is 10.2 Å². The average Bonchev–Trinajstić information content (AvgIpc) is 2.85. The van der Waals surface area contributed by atoms with E-state index < -0.39 is 11.7 Å². The van der Waals surface area contributed by atoms with Crippen LogP contribution in [0.25, 0.3) is 0 Å². The number of para-hydroxylation sites is 1. The lowest BCUT2D eigenvalue weighted by atomic mass is 10.3. The van der Waals surface area contributed by atoms with Crippen molar-refractivity contribution in [3.8, 4) is 0 Å². The van der Waals surface area contributed by atoms with Crippen molar-refractivity contribution in [3.63, 3.8) is 0 Å². The van der Waals surface area contributed by atoms with E-state index in [2.05, 4.69) is 16.2 Å². The fourth-order valence-corrected chi connectivity index (χ4v) is 2.61. The van der Waals surface area contributed by atoms with E-state index >= 15 is 0 Å². The van der Waals surface area contributed by atoms with Crippen LogP contribution in [-0.2, 0) is 4.79 Å². The molecule has 6 nitrogen and oxygen atoms in total. The number of nitrogens with one attached hydrogen (secondary N) is 3. The number of anilines is 1. The summed E-state index contributed by atoms with van der Waals surface area (Å²) < 4.78 is 13.4. The van der Waals surface area contributed by atoms with Crippen LogP contribution in [0.1, 0.15) is 0 Å². The van der Waals surface area contributed by atoms with Gasteiger partial charge in [-0.25, -0.2) is 4.39 Å². The molecule has 2 rings (SSSR count). The molecule has 0 spiro atoms. The van der Waals surface area contributed by atoms with E-state index in [0.717, 1.165) is 0 Å². The quantitative estimate of drug-likeness (QED) is 0.574. The molecule has 0 bridgehead atoms. The van der Waals surface area contributed by atoms with E-state index in [9.17, 15) is 14.0 Å². The van der Waals surface area contributed by atoms with Crippen molar-refractivity contribution in [2.24, 2.45) is 0 Å². The zero-order valence-electron chi connectivity index (χ0n) is 10.9. The van der Waals surface area contributed by atoms with Gasteiger partial charge in [-0.3, -0.25) is 20.4 Å². The summed E-state index contributed by atoms with van der Waals surface area (Å²) in [5.74, 6) is -0.163. The SMILES string of the molecule is O=C(CN1CCSC1=O)NNC(=S)Nc1ccccc1F. The Hall–Kier alpha value is -1.87. The first-order valence-electron chi connectivity index (χ1n) is 6.08. The Bertz CT molecular complexity index is 570. The number of hydrogen-bond donors (Lipinski definition) is 3. The van der Waals surface area contributed by atoms with Crippen LogP contribution >= 0.6 is 24.0 Å². The van der Waals surface area contributed by atoms with Crippen molar-refractivity contribution in [2.45, 2.75) is 0 Å². The molecule has 3 N–H and O–H groups in total. The Balaban J connectivity index is 1.75. The molecule has 21 heavy (non-hydrogen) atoms. The topological polar surface area (TPSA) is 73.5 Å². The molecule has 112 valence electrons. The summed E-state index contributed by atoms with van der Waals surface area (Å²) in [6.45, 7) is 0.510. The largest absolute Gasteiger partial charge is 0.329 e. The maximum atomic E-state index is 13.4. The maximum Gasteiger partial charge on any atom is 0.282 e. The lowest BCUT2D eigenvalue weighted by Crippen LogP contribution is -2.47. The van der Waals surface area contributed by atoms with Gasteiger partial charge in [0.25, 0.3) is 11.1 Å². The van der Waals surface area contributed by atoms with Crippen LogP contribution in [0.4, 0.5) is 14.9 Å². The molecule has 1 aromatic carbocycles. The van der Waals surface area contributed by atoms with Gasteiger partial charge in [0.2, 0.25) is 0 Å². The van der Waals surface area contributed by atoms with E-state index in [1.54, 1.807) is 12.1 Å². The van der Waals surface area contributed by atoms with Gasteiger partial charge in [0.15, 0.2) is 5.11 Å². The standard InChI is InChI=1S/C12H13FN4O2S2/c13-8-3-1-2-4-9(8)14-11(20)16-15-10(18)7-17-5-6-21-12(17)19/h1-4H,5-7H2,(H,15,18)(H2,14,16,20). The number of hydrogen-bond acceptors (Lipinski definition) is 4. The highest BCUT2D eigenvalue weighted by molar-refractivity contribution is 8.13. The first-order valence-corrected chi connectivity index (χ1v) is 7.47. The fraction of sp³-hybridized carbons (Fsp3) is 0.250. The van der Waals surface area contributed by atoms with Crippen molar-refractivity contribution >= 4 is 45.9 Å². The molecule has 1 saturated heterocycles. The smallest absolute Gasteiger partial charge is 0.282 e. The second-order valence-electron chi connectivity index (χ2n) is 4.14. The molecule has 0 unspecified atom stereocenters. The molecule has 2 amide bonds. The Morgan fingerprint density at radius 3 is 2.81 bits per heavy atom. The summed E-state index contributed by atoms with van der Waals surface area (Å²) in [4.78, 5) is 24.4. The lowest BCUT2D eigenvalue weighted by molar-refractivity contribution is -0.122. The molecule has 1 aliphatic heterocycles. The monoisotopic (exact) mass is 328 g/mol. The molecule has 0 saturated carbocycles. The van der Waals surface area contributed by atoms with E-state index in [1.165, 1.54) is 28.8 Å². The number of rotatable bonds is 3. The Labute approximate surface area is 130 Å². The Morgan fingerprint density at radius 1 is 1.38 bits per heavy atom. The molecule has 1 fully saturated rings. The summed E-state index contributed by atoms with van der Waals surface area (Å²) >= 11 is 6.11. The second-order valence-corrected chi connectivity index (χ2v) is 5.60. The van der Waals surface area contributed by atoms with Crippen molar-refractivity contribution in [2.75, 3.05) is 24.2 Å². The number of halogens is 1. The number of hydrazine groups is 1. The van der Waals surface area contributed by atoms with Crippen molar-refractivity contribution in [1.82, 2.24) is 15.8 Å². The highest BCUT2D eigenvalue weighted by Crippen LogP contribution is 2.16. The summed E-state index contributed by atoms with van der Waals surface area (Å²) in [6.07, 6.45) is 0. The summed E-state index contributed by atoms with van der Waals surface area (Å²) in [5.41, 5.74) is 5.01. The van der Waals surface area contributed by atoms with E-state index in [1.807, 2.05) is 0 Å². The molecule has 1 aromatic rings. The molecule has 9 heteroatoms. The number of benzene rings is 1. The van der Waals surface area contributed by atoms with Gasteiger partial charge >= 0.3 is 0 Å². The molecule has 1 heterocycles. The number of carbonyl (C=O) groups is 2. The third kappa shape index (κ3) is 4.57. The summed E-state index contributed by atoms with van der Waals surface area (Å²) in [7, 11) is 0. The van der Waals surface area contributed by atoms with Gasteiger partial charge in [0, 0.05) is 12.3 Å². The van der Waals surface area contributed by atoms with Crippen LogP contribution in [0.5, 0.6) is 0 Å². The number of nitrogens with zero attached hydrogens (tertiary/aromatic N) is 1. The average molecular weight is 328 g/mol. The lowest BCUT2D eigenvalue weighted by Gasteiger charge is -2.15. The third-order valence-corrected chi connectivity index (χ3v) is 3.71. The molecular weight excluding hydrogens is 315 g/mol. The molecule has 0 aliphatic carbocycles. The molecule has 0 aromatic heterocycles. The second kappa shape index (κ2) is 7.23. The number of thioether (sulfide) groups is 1. The van der Waals surface area contributed by atoms with Crippen molar-refractivity contribution < 1.29 is 14.0 Å². The maximum absolute atomic E-state index is 13.4. The Morgan fingerprint density at radius 2 is 2.14 bits per heavy atom. The predicted molar refractivity (Wildman–Crippen MR) is 83.3 cm³/mol. The van der Waals surface area contributed by atoms with Crippen LogP contribution in [-0.4, -0.2) is 40.0 Å². The van der Waals surface area contributed by atoms with Gasteiger partial charge in [-0.1, -0.05) is 23.9 Å². The first-order chi connectivity index (χ1) is 10.1. The van der Waals surface area contributed by atoms with E-state index in [0.29, 0.717) is 12.3 Å². The zero-order valence-corrected chi connectivity index (χ0v) is 12.5. The number of amides is 2. The highest BCUT2D eigenvalue weighted by Gasteiger charge is 2.23. The Kier molecular flexibility index (Phi) is 5.34. The van der Waals surface area contributed by atoms with Gasteiger partial charge in [0.05, 0.1) is 5.69 Å². The molecular formula is C12H13FN4O2S2. The predicted octanol–water partition coefficient (Wildman–Crippen LogP) is 1.31. The molecule has 0 radical (unpaired) electrons. The van der Waals surface area contributed by atoms with E-state index in [4.69, 9.17) is 12.2 Å². The number of thiocarbonyl (C=S) groups is 1. The fourth-order valence-electron chi connectivity index (χ4n) is 1.62. The van der Waals surface area contributed by atoms with Crippen LogP contribution in [0.3, 0.4) is 0 Å². The minimum Gasteiger partial charge on any atom is -0.329 e. The molecule has 0 atom stereocenters. The minimum absolute atomic E-state index is 0.0405. The van der Waals surface area contributed by atoms with Gasteiger partial charge in [-0.2, -0.15) is 0 Å². The minimum atomic E-state index is -0.451. The van der Waals surface area contributed by atoms with Gasteiger partial charge in [-0.15, -0.1) is 0 Å². The normalized spacial score (nSPS) is 14.0. The first kappa shape index (κ1) is 15.5. The van der Waals surface area contributed by atoms with Crippen LogP contribution in [0, 0.1) is 5.82 Å². The highest BCUT2D eigenvalue weighted by atomic mass is 32.2. The van der Waals surface area contributed by atoms with Crippen LogP contribution in [0.15, 0.2) is 24.3 Å². The van der Waals surface area contributed by atoms with Gasteiger partial charge in [-0.05, 0) is 24.4 Å².